The summed E-state index contributed by atoms with van der Waals surface area (Å²) in [5, 5.41) is 3.43. The smallest absolute Gasteiger partial charge is 0.355 e. The summed E-state index contributed by atoms with van der Waals surface area (Å²) in [5.74, 6) is 1.51. The van der Waals surface area contributed by atoms with E-state index in [0.717, 1.165) is 15.9 Å². The molecule has 2 aromatic carbocycles. The summed E-state index contributed by atoms with van der Waals surface area (Å²) in [6.45, 7) is 3.69. The average Bonchev–Trinajstić information content (AvgIpc) is 2.79. The predicted molar refractivity (Wildman–Crippen MR) is 128 cm³/mol. The van der Waals surface area contributed by atoms with Crippen LogP contribution in [0.3, 0.4) is 0 Å². The van der Waals surface area contributed by atoms with Crippen LogP contribution in [0, 0.1) is 0 Å². The lowest BCUT2D eigenvalue weighted by molar-refractivity contribution is 0.482. The quantitative estimate of drug-likeness (QED) is 0.402. The average molecular weight is 464 g/mol. The summed E-state index contributed by atoms with van der Waals surface area (Å²) in [7, 11) is 0. The van der Waals surface area contributed by atoms with Gasteiger partial charge in [-0.25, -0.2) is 19.1 Å². The van der Waals surface area contributed by atoms with Crippen molar-refractivity contribution in [2.75, 3.05) is 5.32 Å². The van der Waals surface area contributed by atoms with Crippen LogP contribution in [0.2, 0.25) is 5.15 Å². The molecular formula is C24H22ClN5O3. The van der Waals surface area contributed by atoms with Gasteiger partial charge < -0.3 is 10.1 Å². The van der Waals surface area contributed by atoms with E-state index >= 15 is 0 Å². The molecule has 0 unspecified atom stereocenters. The summed E-state index contributed by atoms with van der Waals surface area (Å²) >= 11 is 5.88. The second-order valence-corrected chi connectivity index (χ2v) is 7.99. The Morgan fingerprint density at radius 3 is 2.30 bits per heavy atom. The van der Waals surface area contributed by atoms with Crippen molar-refractivity contribution >= 4 is 23.2 Å². The molecule has 0 saturated heterocycles. The van der Waals surface area contributed by atoms with Crippen molar-refractivity contribution in [2.45, 2.75) is 26.4 Å². The molecule has 8 nitrogen and oxygen atoms in total. The molecule has 0 aliphatic rings. The fourth-order valence-electron chi connectivity index (χ4n) is 3.23. The summed E-state index contributed by atoms with van der Waals surface area (Å²) in [6, 6.07) is 19.7. The molecule has 4 rings (SSSR count). The van der Waals surface area contributed by atoms with Crippen molar-refractivity contribution in [3.05, 3.63) is 105 Å². The highest BCUT2D eigenvalue weighted by Gasteiger charge is 2.16. The van der Waals surface area contributed by atoms with Crippen LogP contribution >= 0.6 is 11.6 Å². The number of ether oxygens (including phenoxy) is 1. The van der Waals surface area contributed by atoms with Gasteiger partial charge in [-0.1, -0.05) is 35.9 Å². The highest BCUT2D eigenvalue weighted by molar-refractivity contribution is 6.29. The van der Waals surface area contributed by atoms with Crippen molar-refractivity contribution < 1.29 is 4.74 Å². The van der Waals surface area contributed by atoms with Crippen molar-refractivity contribution in [2.24, 2.45) is 0 Å². The minimum atomic E-state index is -0.619. The van der Waals surface area contributed by atoms with Crippen LogP contribution in [0.25, 0.3) is 0 Å². The van der Waals surface area contributed by atoms with Crippen LogP contribution in [-0.4, -0.2) is 19.1 Å². The molecule has 168 valence electrons. The minimum Gasteiger partial charge on any atom is -0.457 e. The number of hydrogen-bond acceptors (Lipinski definition) is 6. The van der Waals surface area contributed by atoms with Crippen molar-refractivity contribution in [3.8, 4) is 11.5 Å². The van der Waals surface area contributed by atoms with Gasteiger partial charge in [-0.15, -0.1) is 0 Å². The molecule has 0 radical (unpaired) electrons. The topological polar surface area (TPSA) is 91.0 Å². The molecule has 0 aliphatic heterocycles. The fourth-order valence-corrected chi connectivity index (χ4v) is 3.34. The van der Waals surface area contributed by atoms with E-state index < -0.39 is 11.4 Å². The van der Waals surface area contributed by atoms with E-state index in [4.69, 9.17) is 16.3 Å². The molecule has 0 bridgehead atoms. The highest BCUT2D eigenvalue weighted by atomic mass is 35.5. The first-order valence-electron chi connectivity index (χ1n) is 10.3. The van der Waals surface area contributed by atoms with Gasteiger partial charge in [-0.3, -0.25) is 4.57 Å². The Balaban J connectivity index is 1.65. The standard InChI is InChI=1S/C24H22ClN5O3/c1-16(2)30-23(31)28-22(29(24(30)32)15-17-8-13-21(25)26-14-17)27-18-9-11-20(12-10-18)33-19-6-4-3-5-7-19/h3-14,16H,15H2,1-2H3,(H,27,28,31). The number of benzene rings is 2. The maximum Gasteiger partial charge on any atom is 0.355 e. The van der Waals surface area contributed by atoms with Crippen LogP contribution in [0.15, 0.2) is 82.5 Å². The van der Waals surface area contributed by atoms with E-state index in [1.165, 1.54) is 4.57 Å². The van der Waals surface area contributed by atoms with Gasteiger partial charge in [0.25, 0.3) is 0 Å². The number of halogens is 1. The van der Waals surface area contributed by atoms with Gasteiger partial charge in [0, 0.05) is 17.9 Å². The number of rotatable bonds is 7. The molecule has 0 fully saturated rings. The zero-order valence-electron chi connectivity index (χ0n) is 18.1. The maximum atomic E-state index is 13.2. The molecule has 2 aromatic heterocycles. The lowest BCUT2D eigenvalue weighted by Crippen LogP contribution is -2.43. The first-order valence-corrected chi connectivity index (χ1v) is 10.7. The Hall–Kier alpha value is -3.91. The number of pyridine rings is 1. The summed E-state index contributed by atoms with van der Waals surface area (Å²) in [6.07, 6.45) is 1.58. The third-order valence-electron chi connectivity index (χ3n) is 4.84. The SMILES string of the molecule is CC(C)n1c(=O)nc(Nc2ccc(Oc3ccccc3)cc2)n(Cc2ccc(Cl)nc2)c1=O. The van der Waals surface area contributed by atoms with E-state index in [9.17, 15) is 9.59 Å². The van der Waals surface area contributed by atoms with E-state index in [1.807, 2.05) is 30.3 Å². The molecule has 0 spiro atoms. The normalized spacial score (nSPS) is 10.9. The Kier molecular flexibility index (Phi) is 6.55. The molecule has 9 heteroatoms. The van der Waals surface area contributed by atoms with Crippen LogP contribution in [0.1, 0.15) is 25.5 Å². The van der Waals surface area contributed by atoms with Crippen molar-refractivity contribution in [1.82, 2.24) is 19.1 Å². The van der Waals surface area contributed by atoms with Crippen LogP contribution < -0.4 is 21.4 Å². The fraction of sp³-hybridized carbons (Fsp3) is 0.167. The summed E-state index contributed by atoms with van der Waals surface area (Å²) in [5.41, 5.74) is 0.303. The van der Waals surface area contributed by atoms with E-state index in [0.29, 0.717) is 16.6 Å². The number of nitrogens with one attached hydrogen (secondary N) is 1. The number of anilines is 2. The van der Waals surface area contributed by atoms with E-state index in [2.05, 4.69) is 15.3 Å². The van der Waals surface area contributed by atoms with E-state index in [1.54, 1.807) is 56.4 Å². The molecule has 0 aliphatic carbocycles. The molecule has 4 aromatic rings. The molecular weight excluding hydrogens is 442 g/mol. The number of hydrogen-bond donors (Lipinski definition) is 1. The molecule has 0 saturated carbocycles. The third kappa shape index (κ3) is 5.30. The Labute approximate surface area is 195 Å². The van der Waals surface area contributed by atoms with Gasteiger partial charge in [-0.05, 0) is 61.9 Å². The number of para-hydroxylation sites is 1. The monoisotopic (exact) mass is 463 g/mol. The van der Waals surface area contributed by atoms with Gasteiger partial charge in [0.1, 0.15) is 16.7 Å². The third-order valence-corrected chi connectivity index (χ3v) is 5.06. The van der Waals surface area contributed by atoms with Crippen molar-refractivity contribution in [1.29, 1.82) is 0 Å². The Bertz CT molecular complexity index is 1350. The Morgan fingerprint density at radius 1 is 0.970 bits per heavy atom. The first-order chi connectivity index (χ1) is 15.9. The van der Waals surface area contributed by atoms with Crippen molar-refractivity contribution in [3.63, 3.8) is 0 Å². The molecule has 0 amide bonds. The van der Waals surface area contributed by atoms with Crippen LogP contribution in [0.4, 0.5) is 11.6 Å². The molecule has 33 heavy (non-hydrogen) atoms. The second kappa shape index (κ2) is 9.70. The summed E-state index contributed by atoms with van der Waals surface area (Å²) < 4.78 is 8.33. The van der Waals surface area contributed by atoms with Gasteiger partial charge in [0.2, 0.25) is 5.95 Å². The first kappa shape index (κ1) is 22.3. The zero-order valence-corrected chi connectivity index (χ0v) is 18.9. The van der Waals surface area contributed by atoms with Gasteiger partial charge in [0.15, 0.2) is 0 Å². The predicted octanol–water partition coefficient (Wildman–Crippen LogP) is 4.62. The molecule has 0 atom stereocenters. The largest absolute Gasteiger partial charge is 0.457 e. The molecule has 1 N–H and O–H groups in total. The highest BCUT2D eigenvalue weighted by Crippen LogP contribution is 2.23. The second-order valence-electron chi connectivity index (χ2n) is 7.60. The van der Waals surface area contributed by atoms with E-state index in [-0.39, 0.29) is 18.5 Å². The van der Waals surface area contributed by atoms with Crippen LogP contribution in [-0.2, 0) is 6.54 Å². The van der Waals surface area contributed by atoms with Gasteiger partial charge in [-0.2, -0.15) is 4.98 Å². The number of nitrogens with zero attached hydrogens (tertiary/aromatic N) is 4. The minimum absolute atomic E-state index is 0.133. The molecule has 2 heterocycles. The summed E-state index contributed by atoms with van der Waals surface area (Å²) in [4.78, 5) is 33.9. The lowest BCUT2D eigenvalue weighted by atomic mass is 10.3. The van der Waals surface area contributed by atoms with Gasteiger partial charge >= 0.3 is 11.4 Å². The zero-order chi connectivity index (χ0) is 23.4. The number of aromatic nitrogens is 4. The maximum absolute atomic E-state index is 13.2. The van der Waals surface area contributed by atoms with Crippen LogP contribution in [0.5, 0.6) is 11.5 Å². The van der Waals surface area contributed by atoms with Gasteiger partial charge in [0.05, 0.1) is 6.54 Å². The lowest BCUT2D eigenvalue weighted by Gasteiger charge is -2.17. The Morgan fingerprint density at radius 2 is 1.67 bits per heavy atom.